The molecule has 0 saturated heterocycles. The summed E-state index contributed by atoms with van der Waals surface area (Å²) in [5, 5.41) is 10.6. The largest absolute Gasteiger partial charge is 0.437 e. The molecule has 1 aromatic heterocycles. The minimum Gasteiger partial charge on any atom is -0.437 e. The maximum absolute atomic E-state index is 12.6. The van der Waals surface area contributed by atoms with Crippen molar-refractivity contribution in [3.8, 4) is 17.3 Å². The Labute approximate surface area is 196 Å². The van der Waals surface area contributed by atoms with Crippen LogP contribution >= 0.6 is 11.6 Å². The third kappa shape index (κ3) is 5.22. The Bertz CT molecular complexity index is 1320. The molecule has 0 saturated carbocycles. The van der Waals surface area contributed by atoms with Crippen LogP contribution in [0.4, 0.5) is 16.2 Å². The molecule has 7 nitrogen and oxygen atoms in total. The summed E-state index contributed by atoms with van der Waals surface area (Å²) in [6.07, 6.45) is 0. The van der Waals surface area contributed by atoms with Gasteiger partial charge in [0.05, 0.1) is 22.1 Å². The van der Waals surface area contributed by atoms with Crippen LogP contribution in [-0.4, -0.2) is 21.6 Å². The van der Waals surface area contributed by atoms with Crippen molar-refractivity contribution in [1.29, 1.82) is 0 Å². The van der Waals surface area contributed by atoms with E-state index in [0.29, 0.717) is 39.3 Å². The van der Waals surface area contributed by atoms with Gasteiger partial charge >= 0.3 is 6.03 Å². The first-order valence-electron chi connectivity index (χ1n) is 10.2. The van der Waals surface area contributed by atoms with Gasteiger partial charge in [0.15, 0.2) is 11.5 Å². The quantitative estimate of drug-likeness (QED) is 0.323. The number of rotatable bonds is 6. The van der Waals surface area contributed by atoms with Crippen LogP contribution in [0.15, 0.2) is 78.9 Å². The van der Waals surface area contributed by atoms with Crippen LogP contribution < -0.4 is 15.4 Å². The third-order valence-corrected chi connectivity index (χ3v) is 5.10. The van der Waals surface area contributed by atoms with Crippen molar-refractivity contribution in [3.63, 3.8) is 0 Å². The summed E-state index contributed by atoms with van der Waals surface area (Å²) in [7, 11) is 0. The number of hydrogen-bond acceptors (Lipinski definition) is 4. The average molecular weight is 461 g/mol. The number of nitrogens with one attached hydrogen (secondary N) is 2. The van der Waals surface area contributed by atoms with Crippen molar-refractivity contribution < 1.29 is 14.3 Å². The molecule has 4 aromatic rings. The highest BCUT2D eigenvalue weighted by Gasteiger charge is 2.15. The van der Waals surface area contributed by atoms with Crippen molar-refractivity contribution in [3.05, 3.63) is 95.1 Å². The van der Waals surface area contributed by atoms with Gasteiger partial charge in [0.1, 0.15) is 0 Å². The molecule has 33 heavy (non-hydrogen) atoms. The lowest BCUT2D eigenvalue weighted by atomic mass is 10.1. The fourth-order valence-electron chi connectivity index (χ4n) is 3.19. The van der Waals surface area contributed by atoms with Gasteiger partial charge in [-0.05, 0) is 62.4 Å². The number of Topliss-reactive ketones (excluding diaryl/α,β-unsaturated/α-hetero) is 1. The summed E-state index contributed by atoms with van der Waals surface area (Å²) in [6.45, 7) is 3.35. The van der Waals surface area contributed by atoms with Gasteiger partial charge in [-0.1, -0.05) is 35.9 Å². The highest BCUT2D eigenvalue weighted by molar-refractivity contribution is 6.32. The Morgan fingerprint density at radius 1 is 0.939 bits per heavy atom. The van der Waals surface area contributed by atoms with Gasteiger partial charge in [0.2, 0.25) is 5.88 Å². The Kier molecular flexibility index (Phi) is 6.42. The SMILES string of the molecule is CC(=O)c1ccc(NC(=O)Nc2ccccc2Oc2cc(C)nn2-c2ccccc2Cl)cc1. The minimum absolute atomic E-state index is 0.0386. The number of halogens is 1. The molecule has 8 heteroatoms. The second-order valence-corrected chi connectivity index (χ2v) is 7.71. The monoisotopic (exact) mass is 460 g/mol. The lowest BCUT2D eigenvalue weighted by molar-refractivity contribution is 0.101. The molecule has 1 heterocycles. The van der Waals surface area contributed by atoms with Crippen LogP contribution in [-0.2, 0) is 0 Å². The normalized spacial score (nSPS) is 10.5. The van der Waals surface area contributed by atoms with Crippen molar-refractivity contribution >= 4 is 34.8 Å². The molecule has 2 amide bonds. The van der Waals surface area contributed by atoms with Gasteiger partial charge in [-0.25, -0.2) is 4.79 Å². The second kappa shape index (κ2) is 9.58. The highest BCUT2D eigenvalue weighted by atomic mass is 35.5. The number of urea groups is 1. The lowest BCUT2D eigenvalue weighted by Crippen LogP contribution is -2.19. The first-order chi connectivity index (χ1) is 15.9. The number of ketones is 1. The third-order valence-electron chi connectivity index (χ3n) is 4.78. The minimum atomic E-state index is -0.447. The molecule has 2 N–H and O–H groups in total. The molecule has 0 fully saturated rings. The first kappa shape index (κ1) is 22.1. The van der Waals surface area contributed by atoms with E-state index >= 15 is 0 Å². The van der Waals surface area contributed by atoms with Gasteiger partial charge in [-0.15, -0.1) is 0 Å². The van der Waals surface area contributed by atoms with Crippen LogP contribution in [0.5, 0.6) is 11.6 Å². The van der Waals surface area contributed by atoms with Crippen LogP contribution in [0.2, 0.25) is 5.02 Å². The molecule has 0 atom stereocenters. The number of nitrogens with zero attached hydrogens (tertiary/aromatic N) is 2. The summed E-state index contributed by atoms with van der Waals surface area (Å²) in [6, 6.07) is 22.4. The number of benzene rings is 3. The summed E-state index contributed by atoms with van der Waals surface area (Å²) >= 11 is 6.35. The highest BCUT2D eigenvalue weighted by Crippen LogP contribution is 2.32. The van der Waals surface area contributed by atoms with Crippen molar-refractivity contribution in [1.82, 2.24) is 9.78 Å². The Balaban J connectivity index is 1.54. The second-order valence-electron chi connectivity index (χ2n) is 7.30. The number of aromatic nitrogens is 2. The number of carbonyl (C=O) groups is 2. The van der Waals surface area contributed by atoms with Crippen molar-refractivity contribution in [2.45, 2.75) is 13.8 Å². The first-order valence-corrected chi connectivity index (χ1v) is 10.6. The van der Waals surface area contributed by atoms with E-state index in [1.54, 1.807) is 59.3 Å². The van der Waals surface area contributed by atoms with Gasteiger partial charge in [0.25, 0.3) is 0 Å². The number of para-hydroxylation sites is 3. The number of hydrogen-bond donors (Lipinski definition) is 2. The number of ether oxygens (including phenoxy) is 1. The molecule has 0 radical (unpaired) electrons. The summed E-state index contributed by atoms with van der Waals surface area (Å²) < 4.78 is 7.74. The molecule has 0 aliphatic heterocycles. The fourth-order valence-corrected chi connectivity index (χ4v) is 3.40. The topological polar surface area (TPSA) is 85.2 Å². The van der Waals surface area contributed by atoms with E-state index in [0.717, 1.165) is 5.69 Å². The zero-order valence-corrected chi connectivity index (χ0v) is 18.8. The molecule has 4 rings (SSSR count). The number of carbonyl (C=O) groups excluding carboxylic acids is 2. The molecule has 0 aliphatic rings. The summed E-state index contributed by atoms with van der Waals surface area (Å²) in [4.78, 5) is 24.0. The van der Waals surface area contributed by atoms with E-state index in [9.17, 15) is 9.59 Å². The van der Waals surface area contributed by atoms with Gasteiger partial charge in [-0.2, -0.15) is 9.78 Å². The number of anilines is 2. The maximum atomic E-state index is 12.6. The van der Waals surface area contributed by atoms with E-state index in [2.05, 4.69) is 15.7 Å². The van der Waals surface area contributed by atoms with E-state index in [4.69, 9.17) is 16.3 Å². The lowest BCUT2D eigenvalue weighted by Gasteiger charge is -2.14. The molecule has 0 spiro atoms. The van der Waals surface area contributed by atoms with Crippen LogP contribution in [0.25, 0.3) is 5.69 Å². The molecular formula is C25H21ClN4O3. The summed E-state index contributed by atoms with van der Waals surface area (Å²) in [5.41, 5.74) is 3.04. The Morgan fingerprint density at radius 2 is 1.64 bits per heavy atom. The van der Waals surface area contributed by atoms with E-state index in [-0.39, 0.29) is 5.78 Å². The molecular weight excluding hydrogens is 440 g/mol. The van der Waals surface area contributed by atoms with Gasteiger partial charge in [-0.3, -0.25) is 4.79 Å². The van der Waals surface area contributed by atoms with E-state index in [1.807, 2.05) is 31.2 Å². The van der Waals surface area contributed by atoms with Gasteiger partial charge < -0.3 is 15.4 Å². The maximum Gasteiger partial charge on any atom is 0.323 e. The van der Waals surface area contributed by atoms with E-state index < -0.39 is 6.03 Å². The Hall–Kier alpha value is -4.10. The number of aryl methyl sites for hydroxylation is 1. The van der Waals surface area contributed by atoms with Crippen molar-refractivity contribution in [2.24, 2.45) is 0 Å². The molecule has 166 valence electrons. The number of amides is 2. The van der Waals surface area contributed by atoms with Crippen LogP contribution in [0.3, 0.4) is 0 Å². The van der Waals surface area contributed by atoms with Crippen LogP contribution in [0, 0.1) is 6.92 Å². The molecule has 0 aliphatic carbocycles. The zero-order valence-electron chi connectivity index (χ0n) is 18.0. The predicted molar refractivity (Wildman–Crippen MR) is 129 cm³/mol. The van der Waals surface area contributed by atoms with E-state index in [1.165, 1.54) is 6.92 Å². The van der Waals surface area contributed by atoms with Gasteiger partial charge in [0, 0.05) is 17.3 Å². The smallest absolute Gasteiger partial charge is 0.323 e. The molecule has 3 aromatic carbocycles. The predicted octanol–water partition coefficient (Wildman–Crippen LogP) is 6.47. The fraction of sp³-hybridized carbons (Fsp3) is 0.0800. The Morgan fingerprint density at radius 3 is 2.36 bits per heavy atom. The summed E-state index contributed by atoms with van der Waals surface area (Å²) in [5.74, 6) is 0.853. The molecule has 0 unspecified atom stereocenters. The van der Waals surface area contributed by atoms with Crippen molar-refractivity contribution in [2.75, 3.05) is 10.6 Å². The zero-order chi connectivity index (χ0) is 23.4. The standard InChI is InChI=1S/C25H21ClN4O3/c1-16-15-24(30(29-16)22-9-5-3-7-20(22)26)33-23-10-6-4-8-21(23)28-25(32)27-19-13-11-18(12-14-19)17(2)31/h3-15H,1-2H3,(H2,27,28,32). The van der Waals surface area contributed by atoms with Crippen LogP contribution in [0.1, 0.15) is 23.0 Å². The average Bonchev–Trinajstić information content (AvgIpc) is 3.15. The molecule has 0 bridgehead atoms.